The fourth-order valence-corrected chi connectivity index (χ4v) is 9.19. The van der Waals surface area contributed by atoms with Crippen molar-refractivity contribution < 1.29 is 17.1 Å². The van der Waals surface area contributed by atoms with E-state index in [9.17, 15) is 0 Å². The Morgan fingerprint density at radius 1 is 0.515 bits per heavy atom. The standard InChI is InChI=1S/2C15H26P.Fe/c2*1-3-5-9-13-16(14-10-6-4-2)15-11-7-8-12-15;/h2*7-8,11-12H,3-6,9-10,13-14H2,1-2H3;/q2*-1;+2. The molecule has 33 heavy (non-hydrogen) atoms. The molecule has 0 aliphatic carbocycles. The van der Waals surface area contributed by atoms with Crippen molar-refractivity contribution in [2.45, 2.75) is 105 Å². The van der Waals surface area contributed by atoms with Crippen LogP contribution in [-0.4, -0.2) is 24.6 Å². The van der Waals surface area contributed by atoms with Crippen molar-refractivity contribution in [2.75, 3.05) is 24.6 Å². The zero-order chi connectivity index (χ0) is 23.3. The smallest absolute Gasteiger partial charge is 0.213 e. The van der Waals surface area contributed by atoms with E-state index in [0.29, 0.717) is 0 Å². The minimum atomic E-state index is 0. The van der Waals surface area contributed by atoms with Crippen molar-refractivity contribution in [3.63, 3.8) is 0 Å². The first-order valence-corrected chi connectivity index (χ1v) is 17.1. The molecule has 2 aromatic rings. The van der Waals surface area contributed by atoms with Crippen LogP contribution in [0.5, 0.6) is 0 Å². The molecule has 0 saturated carbocycles. The van der Waals surface area contributed by atoms with Crippen molar-refractivity contribution >= 4 is 26.5 Å². The molecule has 190 valence electrons. The van der Waals surface area contributed by atoms with Gasteiger partial charge in [-0.15, -0.1) is 26.5 Å². The molecule has 0 heterocycles. The molecule has 0 radical (unpaired) electrons. The summed E-state index contributed by atoms with van der Waals surface area (Å²) in [5, 5.41) is 3.28. The van der Waals surface area contributed by atoms with Crippen LogP contribution in [0, 0.1) is 0 Å². The average molecular weight is 531 g/mol. The summed E-state index contributed by atoms with van der Waals surface area (Å²) in [6.45, 7) is 9.17. The van der Waals surface area contributed by atoms with Gasteiger partial charge < -0.3 is 0 Å². The van der Waals surface area contributed by atoms with Crippen LogP contribution in [-0.2, 0) is 17.1 Å². The van der Waals surface area contributed by atoms with E-state index in [1.807, 2.05) is 0 Å². The summed E-state index contributed by atoms with van der Waals surface area (Å²) < 4.78 is 0. The maximum Gasteiger partial charge on any atom is 2.00 e. The van der Waals surface area contributed by atoms with Gasteiger partial charge in [0.25, 0.3) is 0 Å². The van der Waals surface area contributed by atoms with Gasteiger partial charge in [0.1, 0.15) is 0 Å². The molecule has 0 spiro atoms. The van der Waals surface area contributed by atoms with E-state index < -0.39 is 0 Å². The Kier molecular flexibility index (Phi) is 23.9. The largest absolute Gasteiger partial charge is 2.00 e. The zero-order valence-corrected chi connectivity index (χ0v) is 25.1. The molecular formula is C30H52FeP2. The second-order valence-corrected chi connectivity index (χ2v) is 14.1. The molecule has 0 atom stereocenters. The third kappa shape index (κ3) is 16.4. The Labute approximate surface area is 220 Å². The summed E-state index contributed by atoms with van der Waals surface area (Å²) in [6, 6.07) is 18.1. The predicted octanol–water partition coefficient (Wildman–Crippen LogP) is 9.78. The van der Waals surface area contributed by atoms with Gasteiger partial charge in [0.2, 0.25) is 0 Å². The van der Waals surface area contributed by atoms with Gasteiger partial charge in [-0.2, -0.15) is 24.3 Å². The zero-order valence-electron chi connectivity index (χ0n) is 22.2. The van der Waals surface area contributed by atoms with E-state index in [4.69, 9.17) is 0 Å². The number of hydrogen-bond acceptors (Lipinski definition) is 0. The predicted molar refractivity (Wildman–Crippen MR) is 155 cm³/mol. The molecule has 0 fully saturated rings. The first-order chi connectivity index (χ1) is 15.8. The van der Waals surface area contributed by atoms with Crippen LogP contribution in [0.1, 0.15) is 105 Å². The monoisotopic (exact) mass is 530 g/mol. The molecule has 2 aromatic carbocycles. The molecule has 0 N–H and O–H groups in total. The Bertz CT molecular complexity index is 517. The second kappa shape index (κ2) is 23.8. The Morgan fingerprint density at radius 2 is 0.818 bits per heavy atom. The minimum Gasteiger partial charge on any atom is -0.213 e. The summed E-state index contributed by atoms with van der Waals surface area (Å²) >= 11 is 0. The van der Waals surface area contributed by atoms with Crippen LogP contribution in [0.25, 0.3) is 0 Å². The quantitative estimate of drug-likeness (QED) is 0.0779. The normalized spacial score (nSPS) is 10.8. The van der Waals surface area contributed by atoms with Gasteiger partial charge in [0.15, 0.2) is 0 Å². The number of hydrogen-bond donors (Lipinski definition) is 0. The van der Waals surface area contributed by atoms with Gasteiger partial charge in [-0.25, -0.2) is 24.3 Å². The molecule has 0 aromatic heterocycles. The van der Waals surface area contributed by atoms with E-state index in [2.05, 4.69) is 76.2 Å². The molecule has 0 amide bonds. The fourth-order valence-electron chi connectivity index (χ4n) is 4.10. The van der Waals surface area contributed by atoms with E-state index in [0.717, 1.165) is 0 Å². The average Bonchev–Trinajstić information content (AvgIpc) is 3.53. The fraction of sp³-hybridized carbons (Fsp3) is 0.667. The topological polar surface area (TPSA) is 0 Å². The Balaban J connectivity index is 0.000000602. The van der Waals surface area contributed by atoms with E-state index in [1.165, 1.54) is 102 Å². The van der Waals surface area contributed by atoms with Gasteiger partial charge >= 0.3 is 17.1 Å². The van der Waals surface area contributed by atoms with Crippen LogP contribution < -0.4 is 10.6 Å². The van der Waals surface area contributed by atoms with Gasteiger partial charge in [-0.05, 0) is 50.3 Å². The van der Waals surface area contributed by atoms with Crippen molar-refractivity contribution in [1.82, 2.24) is 0 Å². The van der Waals surface area contributed by atoms with Gasteiger partial charge in [0.05, 0.1) is 0 Å². The summed E-state index contributed by atoms with van der Waals surface area (Å²) in [5.74, 6) is 0. The molecule has 2 rings (SSSR count). The minimum absolute atomic E-state index is 0. The van der Waals surface area contributed by atoms with Crippen molar-refractivity contribution in [3.8, 4) is 0 Å². The van der Waals surface area contributed by atoms with Crippen LogP contribution in [0.3, 0.4) is 0 Å². The first kappa shape index (κ1) is 33.1. The summed E-state index contributed by atoms with van der Waals surface area (Å²) in [5.41, 5.74) is 0. The van der Waals surface area contributed by atoms with Gasteiger partial charge in [-0.3, -0.25) is 0 Å². The van der Waals surface area contributed by atoms with E-state index >= 15 is 0 Å². The van der Waals surface area contributed by atoms with Gasteiger partial charge in [-0.1, -0.05) is 79.1 Å². The summed E-state index contributed by atoms with van der Waals surface area (Å²) in [7, 11) is 0.316. The number of unbranched alkanes of at least 4 members (excludes halogenated alkanes) is 8. The van der Waals surface area contributed by atoms with Gasteiger partial charge in [0, 0.05) is 0 Å². The molecule has 0 saturated heterocycles. The SMILES string of the molecule is CCCCCP(CCCCC)c1ccc[cH-]1.CCCCCP(CCCCC)c1ccc[cH-]1.[Fe+2]. The molecule has 3 heteroatoms. The Morgan fingerprint density at radius 3 is 1.03 bits per heavy atom. The second-order valence-electron chi connectivity index (χ2n) is 9.09. The maximum absolute atomic E-state index is 2.34. The van der Waals surface area contributed by atoms with Crippen LogP contribution >= 0.6 is 15.8 Å². The van der Waals surface area contributed by atoms with Crippen molar-refractivity contribution in [3.05, 3.63) is 48.5 Å². The van der Waals surface area contributed by atoms with E-state index in [1.54, 1.807) is 10.6 Å². The van der Waals surface area contributed by atoms with Crippen LogP contribution in [0.15, 0.2) is 48.5 Å². The summed E-state index contributed by atoms with van der Waals surface area (Å²) in [4.78, 5) is 0. The molecule has 0 nitrogen and oxygen atoms in total. The number of rotatable bonds is 18. The van der Waals surface area contributed by atoms with Crippen LogP contribution in [0.4, 0.5) is 0 Å². The first-order valence-electron chi connectivity index (χ1n) is 13.7. The Hall–Kier alpha value is 0.0795. The molecule has 0 aliphatic heterocycles. The molecular weight excluding hydrogens is 478 g/mol. The summed E-state index contributed by atoms with van der Waals surface area (Å²) in [6.07, 6.45) is 22.6. The van der Waals surface area contributed by atoms with Crippen LogP contribution in [0.2, 0.25) is 0 Å². The third-order valence-corrected chi connectivity index (χ3v) is 11.6. The third-order valence-electron chi connectivity index (χ3n) is 6.15. The van der Waals surface area contributed by atoms with Crippen molar-refractivity contribution in [1.29, 1.82) is 0 Å². The van der Waals surface area contributed by atoms with Crippen molar-refractivity contribution in [2.24, 2.45) is 0 Å². The molecule has 0 bridgehead atoms. The van der Waals surface area contributed by atoms with E-state index in [-0.39, 0.29) is 32.9 Å². The maximum atomic E-state index is 2.34. The molecule has 0 aliphatic rings. The molecule has 0 unspecified atom stereocenters.